The van der Waals surface area contributed by atoms with Crippen molar-refractivity contribution in [2.75, 3.05) is 6.54 Å². The predicted octanol–water partition coefficient (Wildman–Crippen LogP) is 1.53. The van der Waals surface area contributed by atoms with E-state index < -0.39 is 0 Å². The topological polar surface area (TPSA) is 46.3 Å². The van der Waals surface area contributed by atoms with Crippen molar-refractivity contribution >= 4 is 5.91 Å². The van der Waals surface area contributed by atoms with Crippen molar-refractivity contribution in [3.8, 4) is 0 Å². The molecule has 90 valence electrons. The van der Waals surface area contributed by atoms with E-state index in [1.165, 1.54) is 5.56 Å². The highest BCUT2D eigenvalue weighted by Gasteiger charge is 2.55. The SMILES string of the molecule is NC1CCC12CCN(Cc1ccccc1)C2=O. The number of amides is 1. The van der Waals surface area contributed by atoms with E-state index in [1.54, 1.807) is 0 Å². The number of carbonyl (C=O) groups excluding carboxylic acids is 1. The molecule has 2 N–H and O–H groups in total. The Morgan fingerprint density at radius 3 is 2.59 bits per heavy atom. The molecule has 1 aromatic carbocycles. The van der Waals surface area contributed by atoms with Gasteiger partial charge in [0.1, 0.15) is 0 Å². The largest absolute Gasteiger partial charge is 0.338 e. The van der Waals surface area contributed by atoms with Gasteiger partial charge >= 0.3 is 0 Å². The highest BCUT2D eigenvalue weighted by molar-refractivity contribution is 5.86. The summed E-state index contributed by atoms with van der Waals surface area (Å²) >= 11 is 0. The lowest BCUT2D eigenvalue weighted by molar-refractivity contribution is -0.141. The van der Waals surface area contributed by atoms with Crippen molar-refractivity contribution in [2.24, 2.45) is 11.1 Å². The number of hydrogen-bond acceptors (Lipinski definition) is 2. The summed E-state index contributed by atoms with van der Waals surface area (Å²) in [7, 11) is 0. The molecule has 1 saturated carbocycles. The van der Waals surface area contributed by atoms with E-state index in [4.69, 9.17) is 5.73 Å². The number of hydrogen-bond donors (Lipinski definition) is 1. The van der Waals surface area contributed by atoms with Crippen LogP contribution in [0.5, 0.6) is 0 Å². The van der Waals surface area contributed by atoms with E-state index >= 15 is 0 Å². The minimum Gasteiger partial charge on any atom is -0.338 e. The van der Waals surface area contributed by atoms with Gasteiger partial charge < -0.3 is 10.6 Å². The van der Waals surface area contributed by atoms with Gasteiger partial charge in [-0.15, -0.1) is 0 Å². The third kappa shape index (κ3) is 1.57. The second-order valence-corrected chi connectivity index (χ2v) is 5.26. The van der Waals surface area contributed by atoms with Crippen molar-refractivity contribution < 1.29 is 4.79 Å². The van der Waals surface area contributed by atoms with Gasteiger partial charge in [-0.25, -0.2) is 0 Å². The first-order valence-electron chi connectivity index (χ1n) is 6.31. The molecule has 1 aromatic rings. The molecule has 2 atom stereocenters. The zero-order valence-electron chi connectivity index (χ0n) is 9.93. The standard InChI is InChI=1S/C14H18N2O/c15-12-6-7-14(12)8-9-16(13(14)17)10-11-4-2-1-3-5-11/h1-5,12H,6-10,15H2. The Balaban J connectivity index is 1.73. The molecule has 2 unspecified atom stereocenters. The number of nitrogens with two attached hydrogens (primary N) is 1. The molecule has 1 heterocycles. The van der Waals surface area contributed by atoms with Crippen LogP contribution in [0.1, 0.15) is 24.8 Å². The number of benzene rings is 1. The normalized spacial score (nSPS) is 31.9. The van der Waals surface area contributed by atoms with Gasteiger partial charge in [-0.05, 0) is 24.8 Å². The fourth-order valence-corrected chi connectivity index (χ4v) is 3.05. The quantitative estimate of drug-likeness (QED) is 0.837. The number of likely N-dealkylation sites (tertiary alicyclic amines) is 1. The van der Waals surface area contributed by atoms with Crippen LogP contribution in [0.3, 0.4) is 0 Å². The van der Waals surface area contributed by atoms with Crippen LogP contribution in [0, 0.1) is 5.41 Å². The summed E-state index contributed by atoms with van der Waals surface area (Å²) in [4.78, 5) is 14.3. The van der Waals surface area contributed by atoms with E-state index in [2.05, 4.69) is 12.1 Å². The molecule has 1 spiro atoms. The van der Waals surface area contributed by atoms with Crippen LogP contribution in [0.25, 0.3) is 0 Å². The molecule has 3 rings (SSSR count). The Bertz CT molecular complexity index is 431. The zero-order valence-corrected chi connectivity index (χ0v) is 9.93. The van der Waals surface area contributed by atoms with Crippen molar-refractivity contribution in [1.82, 2.24) is 4.90 Å². The molecule has 17 heavy (non-hydrogen) atoms. The zero-order chi connectivity index (χ0) is 11.9. The van der Waals surface area contributed by atoms with E-state index in [1.807, 2.05) is 23.1 Å². The Morgan fingerprint density at radius 1 is 1.29 bits per heavy atom. The van der Waals surface area contributed by atoms with Crippen LogP contribution in [0.4, 0.5) is 0 Å². The highest BCUT2D eigenvalue weighted by Crippen LogP contribution is 2.48. The van der Waals surface area contributed by atoms with Gasteiger partial charge in [0.25, 0.3) is 0 Å². The van der Waals surface area contributed by atoms with Crippen molar-refractivity contribution in [2.45, 2.75) is 31.8 Å². The Hall–Kier alpha value is -1.35. The average molecular weight is 230 g/mol. The van der Waals surface area contributed by atoms with E-state index in [0.29, 0.717) is 0 Å². The first-order chi connectivity index (χ1) is 8.22. The highest BCUT2D eigenvalue weighted by atomic mass is 16.2. The Kier molecular flexibility index (Phi) is 2.44. The van der Waals surface area contributed by atoms with Gasteiger partial charge in [0.15, 0.2) is 0 Å². The third-order valence-corrected chi connectivity index (χ3v) is 4.37. The second kappa shape index (κ2) is 3.84. The van der Waals surface area contributed by atoms with Gasteiger partial charge in [0.05, 0.1) is 5.41 Å². The van der Waals surface area contributed by atoms with Gasteiger partial charge in [-0.2, -0.15) is 0 Å². The van der Waals surface area contributed by atoms with Crippen molar-refractivity contribution in [3.63, 3.8) is 0 Å². The molecule has 3 heteroatoms. The summed E-state index contributed by atoms with van der Waals surface area (Å²) in [5.41, 5.74) is 7.02. The maximum atomic E-state index is 12.4. The Morgan fingerprint density at radius 2 is 2.06 bits per heavy atom. The summed E-state index contributed by atoms with van der Waals surface area (Å²) in [6.45, 7) is 1.59. The minimum absolute atomic E-state index is 0.0933. The monoisotopic (exact) mass is 230 g/mol. The lowest BCUT2D eigenvalue weighted by Crippen LogP contribution is -2.55. The number of carbonyl (C=O) groups is 1. The van der Waals surface area contributed by atoms with Crippen LogP contribution < -0.4 is 5.73 Å². The first kappa shape index (κ1) is 10.8. The molecule has 1 aliphatic carbocycles. The summed E-state index contributed by atoms with van der Waals surface area (Å²) in [5.74, 6) is 0.278. The Labute approximate surface area is 102 Å². The molecule has 1 amide bonds. The number of rotatable bonds is 2. The van der Waals surface area contributed by atoms with Crippen LogP contribution >= 0.6 is 0 Å². The third-order valence-electron chi connectivity index (χ3n) is 4.37. The first-order valence-corrected chi connectivity index (χ1v) is 6.31. The van der Waals surface area contributed by atoms with Gasteiger partial charge in [-0.3, -0.25) is 4.79 Å². The maximum absolute atomic E-state index is 12.4. The lowest BCUT2D eigenvalue weighted by atomic mass is 9.64. The van der Waals surface area contributed by atoms with Gasteiger partial charge in [0, 0.05) is 19.1 Å². The smallest absolute Gasteiger partial charge is 0.230 e. The van der Waals surface area contributed by atoms with Crippen LogP contribution in [-0.2, 0) is 11.3 Å². The van der Waals surface area contributed by atoms with Crippen LogP contribution in [0.2, 0.25) is 0 Å². The predicted molar refractivity (Wildman–Crippen MR) is 66.1 cm³/mol. The lowest BCUT2D eigenvalue weighted by Gasteiger charge is -2.42. The van der Waals surface area contributed by atoms with E-state index in [-0.39, 0.29) is 17.4 Å². The van der Waals surface area contributed by atoms with E-state index in [0.717, 1.165) is 32.4 Å². The minimum atomic E-state index is -0.200. The fraction of sp³-hybridized carbons (Fsp3) is 0.500. The molecular formula is C14H18N2O. The molecule has 1 saturated heterocycles. The summed E-state index contributed by atoms with van der Waals surface area (Å²) in [6, 6.07) is 10.3. The average Bonchev–Trinajstić information content (AvgIpc) is 2.69. The molecule has 2 fully saturated rings. The number of nitrogens with zero attached hydrogens (tertiary/aromatic N) is 1. The van der Waals surface area contributed by atoms with Crippen LogP contribution in [-0.4, -0.2) is 23.4 Å². The summed E-state index contributed by atoms with van der Waals surface area (Å²) in [6.07, 6.45) is 2.93. The van der Waals surface area contributed by atoms with Crippen molar-refractivity contribution in [3.05, 3.63) is 35.9 Å². The second-order valence-electron chi connectivity index (χ2n) is 5.26. The van der Waals surface area contributed by atoms with Gasteiger partial charge in [-0.1, -0.05) is 30.3 Å². The molecule has 0 aromatic heterocycles. The van der Waals surface area contributed by atoms with E-state index in [9.17, 15) is 4.79 Å². The molecule has 2 aliphatic rings. The molecule has 3 nitrogen and oxygen atoms in total. The fourth-order valence-electron chi connectivity index (χ4n) is 3.05. The van der Waals surface area contributed by atoms with Gasteiger partial charge in [0.2, 0.25) is 5.91 Å². The maximum Gasteiger partial charge on any atom is 0.230 e. The molecule has 0 bridgehead atoms. The molecular weight excluding hydrogens is 212 g/mol. The summed E-state index contributed by atoms with van der Waals surface area (Å²) in [5, 5.41) is 0. The molecule has 0 radical (unpaired) electrons. The summed E-state index contributed by atoms with van der Waals surface area (Å²) < 4.78 is 0. The molecule has 1 aliphatic heterocycles. The van der Waals surface area contributed by atoms with Crippen molar-refractivity contribution in [1.29, 1.82) is 0 Å². The van der Waals surface area contributed by atoms with Crippen LogP contribution in [0.15, 0.2) is 30.3 Å².